The van der Waals surface area contributed by atoms with Crippen molar-refractivity contribution in [3.63, 3.8) is 0 Å². The molecular formula is C23H23ClN2O3. The third-order valence-electron chi connectivity index (χ3n) is 4.15. The number of nitrogens with one attached hydrogen (secondary N) is 2. The molecule has 0 aliphatic heterocycles. The lowest BCUT2D eigenvalue weighted by atomic mass is 10.2. The van der Waals surface area contributed by atoms with Crippen molar-refractivity contribution in [2.45, 2.75) is 6.92 Å². The summed E-state index contributed by atoms with van der Waals surface area (Å²) in [6.45, 7) is 2.83. The molecule has 0 radical (unpaired) electrons. The Hall–Kier alpha value is -3.18. The van der Waals surface area contributed by atoms with Gasteiger partial charge in [-0.3, -0.25) is 4.79 Å². The van der Waals surface area contributed by atoms with Gasteiger partial charge >= 0.3 is 0 Å². The molecule has 0 aliphatic rings. The molecule has 3 rings (SSSR count). The molecule has 5 nitrogen and oxygen atoms in total. The minimum absolute atomic E-state index is 0.104. The van der Waals surface area contributed by atoms with Crippen molar-refractivity contribution >= 4 is 28.9 Å². The van der Waals surface area contributed by atoms with E-state index in [-0.39, 0.29) is 12.5 Å². The number of para-hydroxylation sites is 3. The number of benzene rings is 3. The van der Waals surface area contributed by atoms with E-state index in [2.05, 4.69) is 10.6 Å². The van der Waals surface area contributed by atoms with Crippen LogP contribution < -0.4 is 20.1 Å². The second-order valence-electron chi connectivity index (χ2n) is 6.37. The van der Waals surface area contributed by atoms with E-state index < -0.39 is 0 Å². The maximum Gasteiger partial charge on any atom is 0.243 e. The predicted octanol–water partition coefficient (Wildman–Crippen LogP) is 5.16. The number of amides is 1. The number of rotatable bonds is 9. The summed E-state index contributed by atoms with van der Waals surface area (Å²) < 4.78 is 11.4. The van der Waals surface area contributed by atoms with Crippen molar-refractivity contribution in [2.75, 3.05) is 30.4 Å². The van der Waals surface area contributed by atoms with Gasteiger partial charge in [0.05, 0.1) is 12.2 Å². The van der Waals surface area contributed by atoms with Crippen LogP contribution in [0.1, 0.15) is 5.56 Å². The lowest BCUT2D eigenvalue weighted by molar-refractivity contribution is -0.114. The summed E-state index contributed by atoms with van der Waals surface area (Å²) in [5, 5.41) is 6.56. The Morgan fingerprint density at radius 1 is 0.897 bits per heavy atom. The predicted molar refractivity (Wildman–Crippen MR) is 117 cm³/mol. The van der Waals surface area contributed by atoms with Crippen LogP contribution >= 0.6 is 11.6 Å². The monoisotopic (exact) mass is 410 g/mol. The maximum atomic E-state index is 12.3. The molecule has 0 saturated carbocycles. The van der Waals surface area contributed by atoms with E-state index in [1.165, 1.54) is 0 Å². The van der Waals surface area contributed by atoms with Crippen molar-refractivity contribution in [1.82, 2.24) is 0 Å². The third kappa shape index (κ3) is 6.43. The number of hydrogen-bond acceptors (Lipinski definition) is 4. The molecule has 0 bridgehead atoms. The normalized spacial score (nSPS) is 10.3. The molecule has 3 aromatic rings. The van der Waals surface area contributed by atoms with Gasteiger partial charge in [-0.1, -0.05) is 48.0 Å². The van der Waals surface area contributed by atoms with Crippen LogP contribution in [-0.2, 0) is 4.79 Å². The first-order chi connectivity index (χ1) is 14.1. The molecular weight excluding hydrogens is 388 g/mol. The number of halogens is 1. The molecule has 29 heavy (non-hydrogen) atoms. The fourth-order valence-corrected chi connectivity index (χ4v) is 2.84. The van der Waals surface area contributed by atoms with Gasteiger partial charge in [-0.05, 0) is 48.9 Å². The molecule has 0 saturated heterocycles. The van der Waals surface area contributed by atoms with Gasteiger partial charge in [0, 0.05) is 10.7 Å². The van der Waals surface area contributed by atoms with E-state index in [0.717, 1.165) is 17.0 Å². The topological polar surface area (TPSA) is 59.6 Å². The number of anilines is 2. The Bertz CT molecular complexity index is 948. The van der Waals surface area contributed by atoms with E-state index in [0.29, 0.717) is 29.7 Å². The first-order valence-corrected chi connectivity index (χ1v) is 9.69. The van der Waals surface area contributed by atoms with Crippen molar-refractivity contribution in [3.8, 4) is 11.5 Å². The Morgan fingerprint density at radius 2 is 1.62 bits per heavy atom. The molecule has 3 aromatic carbocycles. The van der Waals surface area contributed by atoms with Crippen molar-refractivity contribution < 1.29 is 14.3 Å². The zero-order valence-corrected chi connectivity index (χ0v) is 16.9. The Balaban J connectivity index is 1.49. The SMILES string of the molecule is Cc1ccc(Cl)cc1NC(=O)CNc1ccccc1OCCOc1ccccc1. The summed E-state index contributed by atoms with van der Waals surface area (Å²) in [6.07, 6.45) is 0. The third-order valence-corrected chi connectivity index (χ3v) is 4.39. The molecule has 0 aliphatic carbocycles. The zero-order chi connectivity index (χ0) is 20.5. The number of carbonyl (C=O) groups excluding carboxylic acids is 1. The van der Waals surface area contributed by atoms with Crippen LogP contribution in [0, 0.1) is 6.92 Å². The van der Waals surface area contributed by atoms with Gasteiger partial charge in [-0.2, -0.15) is 0 Å². The average Bonchev–Trinajstić information content (AvgIpc) is 2.74. The van der Waals surface area contributed by atoms with Gasteiger partial charge in [0.1, 0.15) is 24.7 Å². The van der Waals surface area contributed by atoms with Crippen molar-refractivity contribution in [2.24, 2.45) is 0 Å². The summed E-state index contributed by atoms with van der Waals surface area (Å²) in [5.41, 5.74) is 2.39. The van der Waals surface area contributed by atoms with Crippen molar-refractivity contribution in [3.05, 3.63) is 83.4 Å². The minimum atomic E-state index is -0.169. The van der Waals surface area contributed by atoms with E-state index in [4.69, 9.17) is 21.1 Å². The van der Waals surface area contributed by atoms with Crippen LogP contribution in [0.3, 0.4) is 0 Å². The van der Waals surface area contributed by atoms with Crippen LogP contribution in [0.25, 0.3) is 0 Å². The van der Waals surface area contributed by atoms with E-state index in [1.54, 1.807) is 12.1 Å². The smallest absolute Gasteiger partial charge is 0.243 e. The average molecular weight is 411 g/mol. The fraction of sp³-hybridized carbons (Fsp3) is 0.174. The van der Waals surface area contributed by atoms with Crippen LogP contribution in [0.4, 0.5) is 11.4 Å². The van der Waals surface area contributed by atoms with E-state index in [1.807, 2.05) is 67.6 Å². The Kier molecular flexibility index (Phi) is 7.36. The van der Waals surface area contributed by atoms with Crippen LogP contribution in [0.2, 0.25) is 5.02 Å². The lowest BCUT2D eigenvalue weighted by Gasteiger charge is -2.14. The van der Waals surface area contributed by atoms with E-state index in [9.17, 15) is 4.79 Å². The van der Waals surface area contributed by atoms with Crippen LogP contribution in [0.5, 0.6) is 11.5 Å². The second-order valence-corrected chi connectivity index (χ2v) is 6.80. The molecule has 0 fully saturated rings. The van der Waals surface area contributed by atoms with Gasteiger partial charge in [-0.25, -0.2) is 0 Å². The highest BCUT2D eigenvalue weighted by Gasteiger charge is 2.08. The van der Waals surface area contributed by atoms with Gasteiger partial charge in [-0.15, -0.1) is 0 Å². The highest BCUT2D eigenvalue weighted by atomic mass is 35.5. The second kappa shape index (κ2) is 10.4. The quantitative estimate of drug-likeness (QED) is 0.478. The zero-order valence-electron chi connectivity index (χ0n) is 16.2. The summed E-state index contributed by atoms with van der Waals surface area (Å²) in [7, 11) is 0. The van der Waals surface area contributed by atoms with E-state index >= 15 is 0 Å². The summed E-state index contributed by atoms with van der Waals surface area (Å²) in [5.74, 6) is 1.30. The molecule has 1 amide bonds. The molecule has 0 atom stereocenters. The summed E-state index contributed by atoms with van der Waals surface area (Å²) in [4.78, 5) is 12.3. The number of hydrogen-bond donors (Lipinski definition) is 2. The molecule has 2 N–H and O–H groups in total. The standard InChI is InChI=1S/C23H23ClN2O3/c1-17-11-12-18(24)15-21(17)26-23(27)16-25-20-9-5-6-10-22(20)29-14-13-28-19-7-3-2-4-8-19/h2-12,15,25H,13-14,16H2,1H3,(H,26,27). The molecule has 0 aromatic heterocycles. The van der Waals surface area contributed by atoms with Crippen LogP contribution in [0.15, 0.2) is 72.8 Å². The maximum absolute atomic E-state index is 12.3. The first kappa shape index (κ1) is 20.6. The highest BCUT2D eigenvalue weighted by molar-refractivity contribution is 6.31. The van der Waals surface area contributed by atoms with Gasteiger partial charge in [0.2, 0.25) is 5.91 Å². The molecule has 6 heteroatoms. The van der Waals surface area contributed by atoms with Gasteiger partial charge in [0.25, 0.3) is 0 Å². The number of ether oxygens (including phenoxy) is 2. The summed E-state index contributed by atoms with van der Waals surface area (Å²) >= 11 is 6.00. The minimum Gasteiger partial charge on any atom is -0.490 e. The van der Waals surface area contributed by atoms with Crippen LogP contribution in [-0.4, -0.2) is 25.7 Å². The number of carbonyl (C=O) groups is 1. The van der Waals surface area contributed by atoms with Gasteiger partial charge in [0.15, 0.2) is 0 Å². The molecule has 0 spiro atoms. The Morgan fingerprint density at radius 3 is 2.45 bits per heavy atom. The lowest BCUT2D eigenvalue weighted by Crippen LogP contribution is -2.22. The highest BCUT2D eigenvalue weighted by Crippen LogP contribution is 2.24. The van der Waals surface area contributed by atoms with Gasteiger partial charge < -0.3 is 20.1 Å². The molecule has 0 unspecified atom stereocenters. The molecule has 0 heterocycles. The first-order valence-electron chi connectivity index (χ1n) is 9.31. The summed E-state index contributed by atoms with van der Waals surface area (Å²) in [6, 6.07) is 22.5. The fourth-order valence-electron chi connectivity index (χ4n) is 2.67. The number of aryl methyl sites for hydroxylation is 1. The Labute approximate surface area is 175 Å². The molecule has 150 valence electrons. The van der Waals surface area contributed by atoms with Crippen molar-refractivity contribution in [1.29, 1.82) is 0 Å². The largest absolute Gasteiger partial charge is 0.490 e.